The Labute approximate surface area is 274 Å². The number of fused-ring (bicyclic) bond motifs is 2. The van der Waals surface area contributed by atoms with E-state index in [1.807, 2.05) is 13.0 Å². The van der Waals surface area contributed by atoms with Crippen LogP contribution in [-0.4, -0.2) is 79.7 Å². The zero-order valence-corrected chi connectivity index (χ0v) is 28.4. The zero-order valence-electron chi connectivity index (χ0n) is 28.4. The standard InChI is InChI=1S/C35H58N6O5/c1-5-22-11-12-27(39-6-2)24(18-22)20-45-32(44)35-31(43)26-10-8-7-9-25(26)30(42)34(35,46-35)15-13-21(3)17-28(41-33(37)38-4)23-14-16-40-29(36)19-23/h13,22-29,39-40H,5-12,14-20,36H2,1-4H3,(H3,37,38,41). The Bertz CT molecular complexity index is 1190. The summed E-state index contributed by atoms with van der Waals surface area (Å²) in [5.41, 5.74) is 10.00. The minimum atomic E-state index is -1.84. The molecule has 0 bridgehead atoms. The minimum Gasteiger partial charge on any atom is -0.463 e. The molecule has 11 nitrogen and oxygen atoms in total. The van der Waals surface area contributed by atoms with Gasteiger partial charge in [0.1, 0.15) is 0 Å². The van der Waals surface area contributed by atoms with Crippen LogP contribution in [0.4, 0.5) is 0 Å². The molecule has 0 aromatic heterocycles. The van der Waals surface area contributed by atoms with Crippen LogP contribution in [0.25, 0.3) is 0 Å². The maximum Gasteiger partial charge on any atom is 0.350 e. The van der Waals surface area contributed by atoms with Crippen molar-refractivity contribution >= 4 is 23.5 Å². The zero-order chi connectivity index (χ0) is 33.1. The summed E-state index contributed by atoms with van der Waals surface area (Å²) < 4.78 is 12.3. The normalized spacial score (nSPS) is 38.8. The first-order chi connectivity index (χ1) is 22.1. The van der Waals surface area contributed by atoms with Gasteiger partial charge in [0.25, 0.3) is 5.60 Å². The molecule has 5 aliphatic rings. The summed E-state index contributed by atoms with van der Waals surface area (Å²) >= 11 is 0. The Kier molecular flexibility index (Phi) is 11.3. The number of carbonyl (C=O) groups excluding carboxylic acids is 3. The van der Waals surface area contributed by atoms with Crippen molar-refractivity contribution in [1.29, 1.82) is 0 Å². The Morgan fingerprint density at radius 1 is 1.13 bits per heavy atom. The van der Waals surface area contributed by atoms with E-state index in [1.54, 1.807) is 7.05 Å². The molecule has 46 heavy (non-hydrogen) atoms. The molecule has 0 aromatic rings. The van der Waals surface area contributed by atoms with Crippen LogP contribution < -0.4 is 27.4 Å². The van der Waals surface area contributed by atoms with E-state index >= 15 is 0 Å². The number of ether oxygens (including phenoxy) is 2. The fourth-order valence-corrected chi connectivity index (χ4v) is 9.04. The van der Waals surface area contributed by atoms with Crippen LogP contribution >= 0.6 is 0 Å². The highest BCUT2D eigenvalue weighted by molar-refractivity contribution is 6.23. The minimum absolute atomic E-state index is 0.000950. The molecule has 3 saturated carbocycles. The van der Waals surface area contributed by atoms with Crippen LogP contribution in [0.3, 0.4) is 0 Å². The van der Waals surface area contributed by atoms with Crippen LogP contribution in [0, 0.1) is 29.6 Å². The van der Waals surface area contributed by atoms with Gasteiger partial charge in [0.15, 0.2) is 23.1 Å². The molecule has 0 amide bonds. The molecule has 10 unspecified atom stereocenters. The number of nitrogens with zero attached hydrogens (tertiary/aromatic N) is 1. The highest BCUT2D eigenvalue weighted by Crippen LogP contribution is 2.61. The third kappa shape index (κ3) is 6.80. The number of epoxide rings is 1. The van der Waals surface area contributed by atoms with Crippen LogP contribution in [0.15, 0.2) is 16.6 Å². The third-order valence-electron chi connectivity index (χ3n) is 11.8. The molecule has 0 aromatic carbocycles. The Morgan fingerprint density at radius 2 is 1.87 bits per heavy atom. The summed E-state index contributed by atoms with van der Waals surface area (Å²) in [6.45, 7) is 8.22. The summed E-state index contributed by atoms with van der Waals surface area (Å²) in [5.74, 6) is -0.490. The van der Waals surface area contributed by atoms with E-state index in [4.69, 9.17) is 20.9 Å². The molecular weight excluding hydrogens is 584 g/mol. The summed E-state index contributed by atoms with van der Waals surface area (Å²) in [6.07, 6.45) is 11.8. The molecule has 2 heterocycles. The third-order valence-corrected chi connectivity index (χ3v) is 11.8. The first-order valence-corrected chi connectivity index (χ1v) is 17.9. The molecule has 11 heteroatoms. The van der Waals surface area contributed by atoms with Crippen LogP contribution in [0.1, 0.15) is 97.8 Å². The molecule has 3 aliphatic carbocycles. The van der Waals surface area contributed by atoms with Gasteiger partial charge < -0.3 is 36.9 Å². The van der Waals surface area contributed by atoms with Crippen molar-refractivity contribution in [3.05, 3.63) is 11.6 Å². The quantitative estimate of drug-likeness (QED) is 0.0532. The number of carbonyl (C=O) groups is 3. The monoisotopic (exact) mass is 642 g/mol. The van der Waals surface area contributed by atoms with E-state index in [1.165, 1.54) is 0 Å². The van der Waals surface area contributed by atoms with Crippen molar-refractivity contribution in [2.75, 3.05) is 26.7 Å². The van der Waals surface area contributed by atoms with Gasteiger partial charge in [0.2, 0.25) is 0 Å². The summed E-state index contributed by atoms with van der Waals surface area (Å²) in [5, 5.41) is 10.2. The molecule has 258 valence electrons. The van der Waals surface area contributed by atoms with Gasteiger partial charge in [-0.25, -0.2) is 4.79 Å². The first kappa shape index (κ1) is 35.0. The molecule has 5 fully saturated rings. The number of aliphatic imine (C=N–C) groups is 1. The van der Waals surface area contributed by atoms with Gasteiger partial charge in [0, 0.05) is 43.3 Å². The van der Waals surface area contributed by atoms with E-state index in [0.717, 1.165) is 70.0 Å². The number of hydrogen-bond donors (Lipinski definition) is 5. The van der Waals surface area contributed by atoms with Crippen LogP contribution in [-0.2, 0) is 23.9 Å². The molecule has 0 radical (unpaired) electrons. The van der Waals surface area contributed by atoms with Gasteiger partial charge in [-0.15, -0.1) is 0 Å². The second kappa shape index (κ2) is 14.8. The van der Waals surface area contributed by atoms with Gasteiger partial charge in [-0.3, -0.25) is 14.6 Å². The summed E-state index contributed by atoms with van der Waals surface area (Å²) in [4.78, 5) is 46.6. The van der Waals surface area contributed by atoms with Crippen molar-refractivity contribution in [2.45, 2.75) is 127 Å². The second-order valence-electron chi connectivity index (χ2n) is 14.6. The lowest BCUT2D eigenvalue weighted by Gasteiger charge is -2.38. The van der Waals surface area contributed by atoms with Crippen molar-refractivity contribution in [2.24, 2.45) is 46.0 Å². The summed E-state index contributed by atoms with van der Waals surface area (Å²) in [6, 6.07) is 0.266. The number of esters is 1. The SMILES string of the molecule is CCNC1CCC(CC)CC1COC(=O)C12OC1(CC=C(C)CC(NC(N)=NC)C1CCNC(N)C1)C(=O)C1CCCCC1C2=O. The number of Topliss-reactive ketones (excluding diaryl/α,β-unsaturated/α-hetero) is 2. The number of piperidine rings is 1. The molecule has 7 N–H and O–H groups in total. The van der Waals surface area contributed by atoms with E-state index in [-0.39, 0.29) is 54.7 Å². The largest absolute Gasteiger partial charge is 0.463 e. The van der Waals surface area contributed by atoms with Crippen LogP contribution in [0.5, 0.6) is 0 Å². The first-order valence-electron chi connectivity index (χ1n) is 17.9. The summed E-state index contributed by atoms with van der Waals surface area (Å²) in [7, 11) is 1.65. The number of hydrogen-bond acceptors (Lipinski definition) is 9. The Hall–Kier alpha value is -2.34. The van der Waals surface area contributed by atoms with Crippen molar-refractivity contribution < 1.29 is 23.9 Å². The Morgan fingerprint density at radius 3 is 2.54 bits per heavy atom. The fraction of sp³-hybridized carbons (Fsp3) is 0.829. The lowest BCUT2D eigenvalue weighted by atomic mass is 9.61. The molecule has 10 atom stereocenters. The fourth-order valence-electron chi connectivity index (χ4n) is 9.04. The average molecular weight is 643 g/mol. The topological polar surface area (TPSA) is 173 Å². The number of ketones is 2. The molecule has 0 spiro atoms. The molecule has 2 saturated heterocycles. The van der Waals surface area contributed by atoms with E-state index in [0.29, 0.717) is 31.1 Å². The maximum absolute atomic E-state index is 14.2. The van der Waals surface area contributed by atoms with Crippen molar-refractivity contribution in [1.82, 2.24) is 16.0 Å². The highest BCUT2D eigenvalue weighted by Gasteiger charge is 2.86. The maximum atomic E-state index is 14.2. The predicted molar refractivity (Wildman–Crippen MR) is 178 cm³/mol. The average Bonchev–Trinajstić information content (AvgIpc) is 3.77. The number of nitrogens with one attached hydrogen (secondary N) is 3. The number of rotatable bonds is 12. The van der Waals surface area contributed by atoms with Gasteiger partial charge in [-0.2, -0.15) is 0 Å². The van der Waals surface area contributed by atoms with Gasteiger partial charge in [-0.1, -0.05) is 44.8 Å². The van der Waals surface area contributed by atoms with Gasteiger partial charge in [-0.05, 0) is 83.2 Å². The van der Waals surface area contributed by atoms with Crippen molar-refractivity contribution in [3.8, 4) is 0 Å². The Balaban J connectivity index is 1.35. The number of nitrogens with two attached hydrogens (primary N) is 2. The molecular formula is C35H58N6O5. The van der Waals surface area contributed by atoms with Gasteiger partial charge >= 0.3 is 5.97 Å². The number of guanidine groups is 1. The van der Waals surface area contributed by atoms with Gasteiger partial charge in [0.05, 0.1) is 12.8 Å². The lowest BCUT2D eigenvalue weighted by Crippen LogP contribution is -2.58. The molecule has 2 aliphatic heterocycles. The van der Waals surface area contributed by atoms with E-state index < -0.39 is 29.0 Å². The second-order valence-corrected chi connectivity index (χ2v) is 14.6. The lowest BCUT2D eigenvalue weighted by molar-refractivity contribution is -0.160. The van der Waals surface area contributed by atoms with E-state index in [2.05, 4.69) is 34.8 Å². The van der Waals surface area contributed by atoms with Crippen molar-refractivity contribution in [3.63, 3.8) is 0 Å². The van der Waals surface area contributed by atoms with Crippen LogP contribution in [0.2, 0.25) is 0 Å². The predicted octanol–water partition coefficient (Wildman–Crippen LogP) is 2.71. The smallest absolute Gasteiger partial charge is 0.350 e. The van der Waals surface area contributed by atoms with E-state index in [9.17, 15) is 14.4 Å². The molecule has 5 rings (SSSR count). The highest BCUT2D eigenvalue weighted by atomic mass is 16.7.